The number of nitrogens with one attached hydrogen (secondary N) is 2. The number of carbonyl (C=O) groups excluding carboxylic acids is 2. The molecule has 1 unspecified atom stereocenters. The second kappa shape index (κ2) is 9.38. The van der Waals surface area contributed by atoms with E-state index in [2.05, 4.69) is 20.8 Å². The highest BCUT2D eigenvalue weighted by Gasteiger charge is 2.32. The Hall–Kier alpha value is -3.13. The molecule has 0 aliphatic carbocycles. The van der Waals surface area contributed by atoms with E-state index in [-0.39, 0.29) is 18.2 Å². The van der Waals surface area contributed by atoms with Crippen LogP contribution in [0.15, 0.2) is 52.7 Å². The Labute approximate surface area is 173 Å². The van der Waals surface area contributed by atoms with Crippen molar-refractivity contribution in [1.29, 1.82) is 0 Å². The van der Waals surface area contributed by atoms with Gasteiger partial charge in [0, 0.05) is 12.1 Å². The van der Waals surface area contributed by atoms with Crippen LogP contribution in [0.3, 0.4) is 0 Å². The minimum absolute atomic E-state index is 0.0602. The highest BCUT2D eigenvalue weighted by Crippen LogP contribution is 2.23. The van der Waals surface area contributed by atoms with Crippen molar-refractivity contribution in [3.05, 3.63) is 59.2 Å². The summed E-state index contributed by atoms with van der Waals surface area (Å²) in [6.07, 6.45) is 1.64. The third kappa shape index (κ3) is 5.68. The summed E-state index contributed by atoms with van der Waals surface area (Å²) in [5.41, 5.74) is 3.83. The van der Waals surface area contributed by atoms with Gasteiger partial charge in [-0.25, -0.2) is 0 Å². The number of amides is 2. The minimum atomic E-state index is -0.531. The summed E-state index contributed by atoms with van der Waals surface area (Å²) in [4.78, 5) is 24.4. The lowest BCUT2D eigenvalue weighted by Crippen LogP contribution is -2.28. The average Bonchev–Trinajstić information content (AvgIpc) is 3.04. The topological polar surface area (TPSA) is 92.2 Å². The van der Waals surface area contributed by atoms with Gasteiger partial charge in [-0.3, -0.25) is 9.59 Å². The van der Waals surface area contributed by atoms with Crippen LogP contribution >= 0.6 is 11.8 Å². The number of hydrogen-bond donors (Lipinski definition) is 2. The second-order valence-corrected chi connectivity index (χ2v) is 7.76. The molecule has 2 aromatic rings. The molecule has 2 aromatic carbocycles. The van der Waals surface area contributed by atoms with E-state index >= 15 is 0 Å². The fraction of sp³-hybridized carbons (Fsp3) is 0.238. The largest absolute Gasteiger partial charge is 0.497 e. The van der Waals surface area contributed by atoms with Gasteiger partial charge in [-0.05, 0) is 66.9 Å². The van der Waals surface area contributed by atoms with Gasteiger partial charge in [-0.1, -0.05) is 17.8 Å². The lowest BCUT2D eigenvalue weighted by Gasteiger charge is -2.09. The molecule has 2 N–H and O–H groups in total. The Morgan fingerprint density at radius 2 is 1.97 bits per heavy atom. The summed E-state index contributed by atoms with van der Waals surface area (Å²) < 4.78 is 5.10. The molecule has 2 amide bonds. The summed E-state index contributed by atoms with van der Waals surface area (Å²) in [5.74, 6) is 0.293. The third-order valence-corrected chi connectivity index (χ3v) is 5.48. The zero-order valence-corrected chi connectivity index (χ0v) is 17.2. The van der Waals surface area contributed by atoms with E-state index in [0.29, 0.717) is 5.17 Å². The molecule has 29 heavy (non-hydrogen) atoms. The Balaban J connectivity index is 1.54. The number of carbonyl (C=O) groups is 2. The fourth-order valence-electron chi connectivity index (χ4n) is 2.62. The predicted octanol–water partition coefficient (Wildman–Crippen LogP) is 3.26. The first-order chi connectivity index (χ1) is 13.9. The molecule has 7 nitrogen and oxygen atoms in total. The van der Waals surface area contributed by atoms with Crippen molar-refractivity contribution in [2.24, 2.45) is 10.2 Å². The van der Waals surface area contributed by atoms with Crippen LogP contribution in [0.4, 0.5) is 5.69 Å². The zero-order chi connectivity index (χ0) is 20.8. The molecule has 3 rings (SSSR count). The van der Waals surface area contributed by atoms with Crippen LogP contribution in [-0.2, 0) is 9.59 Å². The molecule has 1 aliphatic heterocycles. The molecule has 1 heterocycles. The Morgan fingerprint density at radius 3 is 2.66 bits per heavy atom. The van der Waals surface area contributed by atoms with Crippen LogP contribution in [0.25, 0.3) is 0 Å². The summed E-state index contributed by atoms with van der Waals surface area (Å²) in [6.45, 7) is 4.00. The number of hydrogen-bond acceptors (Lipinski definition) is 6. The van der Waals surface area contributed by atoms with E-state index in [9.17, 15) is 9.59 Å². The van der Waals surface area contributed by atoms with Crippen molar-refractivity contribution in [3.63, 3.8) is 0 Å². The monoisotopic (exact) mass is 410 g/mol. The van der Waals surface area contributed by atoms with Crippen molar-refractivity contribution in [2.45, 2.75) is 25.5 Å². The Morgan fingerprint density at radius 1 is 1.21 bits per heavy atom. The summed E-state index contributed by atoms with van der Waals surface area (Å²) in [7, 11) is 1.60. The van der Waals surface area contributed by atoms with Crippen LogP contribution in [0.2, 0.25) is 0 Å². The standard InChI is InChI=1S/C21H22N4O3S/c1-13-4-7-16(10-14(13)2)23-19(26)11-18-20(27)24-21(29-18)25-22-12-15-5-8-17(28-3)9-6-15/h4-10,12,18H,11H2,1-3H3,(H,23,26)(H,24,25,27). The number of methoxy groups -OCH3 is 1. The Kier molecular flexibility index (Phi) is 6.66. The van der Waals surface area contributed by atoms with Gasteiger partial charge >= 0.3 is 0 Å². The van der Waals surface area contributed by atoms with E-state index in [4.69, 9.17) is 4.74 Å². The first-order valence-corrected chi connectivity index (χ1v) is 9.92. The van der Waals surface area contributed by atoms with Crippen molar-refractivity contribution < 1.29 is 14.3 Å². The van der Waals surface area contributed by atoms with E-state index in [0.717, 1.165) is 28.1 Å². The fourth-order valence-corrected chi connectivity index (χ4v) is 3.55. The van der Waals surface area contributed by atoms with Gasteiger partial charge in [0.15, 0.2) is 5.17 Å². The zero-order valence-electron chi connectivity index (χ0n) is 16.4. The SMILES string of the molecule is COc1ccc(C=N/N=C2\NC(=O)C(CC(=O)Nc3ccc(C)c(C)c3)S2)cc1. The summed E-state index contributed by atoms with van der Waals surface area (Å²) >= 11 is 1.20. The molecule has 1 saturated heterocycles. The van der Waals surface area contributed by atoms with E-state index in [1.807, 2.05) is 56.3 Å². The molecule has 0 saturated carbocycles. The van der Waals surface area contributed by atoms with Gasteiger partial charge in [-0.2, -0.15) is 5.10 Å². The first kappa shape index (κ1) is 20.6. The number of rotatable bonds is 6. The third-order valence-electron chi connectivity index (χ3n) is 4.41. The molecule has 1 atom stereocenters. The molecule has 0 bridgehead atoms. The first-order valence-electron chi connectivity index (χ1n) is 9.04. The Bertz CT molecular complexity index is 970. The lowest BCUT2D eigenvalue weighted by atomic mass is 10.1. The molecule has 150 valence electrons. The molecule has 8 heteroatoms. The van der Waals surface area contributed by atoms with Crippen molar-refractivity contribution >= 4 is 40.6 Å². The number of aryl methyl sites for hydroxylation is 2. The van der Waals surface area contributed by atoms with Crippen LogP contribution < -0.4 is 15.4 Å². The van der Waals surface area contributed by atoms with Crippen LogP contribution in [0.1, 0.15) is 23.1 Å². The van der Waals surface area contributed by atoms with Crippen LogP contribution in [0.5, 0.6) is 5.75 Å². The van der Waals surface area contributed by atoms with E-state index in [1.54, 1.807) is 13.3 Å². The van der Waals surface area contributed by atoms with Crippen LogP contribution in [0, 0.1) is 13.8 Å². The van der Waals surface area contributed by atoms with Gasteiger partial charge in [0.25, 0.3) is 0 Å². The highest BCUT2D eigenvalue weighted by molar-refractivity contribution is 8.15. The predicted molar refractivity (Wildman–Crippen MR) is 117 cm³/mol. The van der Waals surface area contributed by atoms with Gasteiger partial charge in [0.05, 0.1) is 13.3 Å². The molecule has 1 fully saturated rings. The number of thioether (sulfide) groups is 1. The van der Waals surface area contributed by atoms with Gasteiger partial charge in [0.2, 0.25) is 11.8 Å². The smallest absolute Gasteiger partial charge is 0.240 e. The molecular weight excluding hydrogens is 388 g/mol. The maximum atomic E-state index is 12.3. The molecule has 0 aromatic heterocycles. The van der Waals surface area contributed by atoms with Crippen LogP contribution in [-0.4, -0.2) is 35.6 Å². The normalized spacial score (nSPS) is 17.6. The number of anilines is 1. The van der Waals surface area contributed by atoms with Gasteiger partial charge < -0.3 is 15.4 Å². The number of amidine groups is 1. The molecule has 0 radical (unpaired) electrons. The lowest BCUT2D eigenvalue weighted by molar-refractivity contribution is -0.122. The average molecular weight is 410 g/mol. The number of ether oxygens (including phenoxy) is 1. The highest BCUT2D eigenvalue weighted by atomic mass is 32.2. The van der Waals surface area contributed by atoms with Crippen molar-refractivity contribution in [2.75, 3.05) is 12.4 Å². The molecule has 1 aliphatic rings. The summed E-state index contributed by atoms with van der Waals surface area (Å²) in [6, 6.07) is 13.1. The molecule has 0 spiro atoms. The number of benzene rings is 2. The maximum absolute atomic E-state index is 12.3. The minimum Gasteiger partial charge on any atom is -0.497 e. The number of nitrogens with zero attached hydrogens (tertiary/aromatic N) is 2. The van der Waals surface area contributed by atoms with Gasteiger partial charge in [0.1, 0.15) is 11.0 Å². The molecular formula is C21H22N4O3S. The van der Waals surface area contributed by atoms with Crippen molar-refractivity contribution in [1.82, 2.24) is 5.32 Å². The van der Waals surface area contributed by atoms with E-state index in [1.165, 1.54) is 11.8 Å². The maximum Gasteiger partial charge on any atom is 0.240 e. The van der Waals surface area contributed by atoms with E-state index < -0.39 is 5.25 Å². The summed E-state index contributed by atoms with van der Waals surface area (Å²) in [5, 5.41) is 13.4. The second-order valence-electron chi connectivity index (χ2n) is 6.57. The van der Waals surface area contributed by atoms with Gasteiger partial charge in [-0.15, -0.1) is 5.10 Å². The quantitative estimate of drug-likeness (QED) is 0.565. The van der Waals surface area contributed by atoms with Crippen molar-refractivity contribution in [3.8, 4) is 5.75 Å².